The Morgan fingerprint density at radius 2 is 1.79 bits per heavy atom. The molecule has 0 bridgehead atoms. The highest BCUT2D eigenvalue weighted by molar-refractivity contribution is 5.24. The zero-order valence-corrected chi connectivity index (χ0v) is 20.4. The van der Waals surface area contributed by atoms with Gasteiger partial charge in [0.1, 0.15) is 0 Å². The highest BCUT2D eigenvalue weighted by Crippen LogP contribution is 2.67. The Kier molecular flexibility index (Phi) is 6.16. The summed E-state index contributed by atoms with van der Waals surface area (Å²) < 4.78 is 0. The molecule has 0 aliphatic heterocycles. The summed E-state index contributed by atoms with van der Waals surface area (Å²) in [4.78, 5) is 0. The second-order valence-electron chi connectivity index (χ2n) is 12.4. The Morgan fingerprint density at radius 1 is 1.00 bits per heavy atom. The maximum Gasteiger partial charge on any atom is -0.000653 e. The topological polar surface area (TPSA) is 0 Å². The summed E-state index contributed by atoms with van der Waals surface area (Å²) >= 11 is 0. The van der Waals surface area contributed by atoms with Gasteiger partial charge in [-0.25, -0.2) is 0 Å². The van der Waals surface area contributed by atoms with Crippen molar-refractivity contribution >= 4 is 0 Å². The van der Waals surface area contributed by atoms with E-state index in [1.807, 2.05) is 0 Å². The first kappa shape index (κ1) is 21.7. The van der Waals surface area contributed by atoms with E-state index in [-0.39, 0.29) is 0 Å². The lowest BCUT2D eigenvalue weighted by Crippen LogP contribution is -2.50. The van der Waals surface area contributed by atoms with E-state index in [1.54, 1.807) is 5.57 Å². The fourth-order valence-corrected chi connectivity index (χ4v) is 9.10. The molecule has 8 atom stereocenters. The summed E-state index contributed by atoms with van der Waals surface area (Å²) in [5.74, 6) is 6.63. The molecule has 0 heteroatoms. The summed E-state index contributed by atoms with van der Waals surface area (Å²) in [5.41, 5.74) is 6.52. The summed E-state index contributed by atoms with van der Waals surface area (Å²) in [5, 5.41) is 0. The van der Waals surface area contributed by atoms with Crippen molar-refractivity contribution in [1.82, 2.24) is 0 Å². The maximum atomic E-state index is 3.72. The fraction of sp³-hybridized carbons (Fsp3) is 0.897. The van der Waals surface area contributed by atoms with Gasteiger partial charge < -0.3 is 0 Å². The van der Waals surface area contributed by atoms with E-state index in [4.69, 9.17) is 0 Å². The Balaban J connectivity index is 1.47. The van der Waals surface area contributed by atoms with E-state index in [9.17, 15) is 0 Å². The number of hydrogen-bond donors (Lipinski definition) is 0. The number of hydrogen-bond acceptors (Lipinski definition) is 0. The highest BCUT2D eigenvalue weighted by atomic mass is 14.6. The molecule has 29 heavy (non-hydrogen) atoms. The van der Waals surface area contributed by atoms with Crippen molar-refractivity contribution in [3.05, 3.63) is 17.4 Å². The fourth-order valence-electron chi connectivity index (χ4n) is 9.10. The molecule has 4 aliphatic rings. The van der Waals surface area contributed by atoms with Gasteiger partial charge in [0.25, 0.3) is 0 Å². The van der Waals surface area contributed by atoms with E-state index in [1.165, 1.54) is 70.6 Å². The lowest BCUT2D eigenvalue weighted by Gasteiger charge is -2.58. The maximum absolute atomic E-state index is 3.72. The Bertz CT molecular complexity index is 649. The average molecular weight is 397 g/mol. The van der Waals surface area contributed by atoms with Gasteiger partial charge in [0.2, 0.25) is 0 Å². The minimum atomic E-state index is 0.480. The molecular formula is C29H48. The van der Waals surface area contributed by atoms with E-state index >= 15 is 0 Å². The Labute approximate surface area is 182 Å². The number of fused-ring (bicyclic) bond motifs is 5. The smallest absolute Gasteiger partial charge is 0.000653 e. The second kappa shape index (κ2) is 8.22. The van der Waals surface area contributed by atoms with Crippen LogP contribution in [0.4, 0.5) is 0 Å². The largest absolute Gasteiger partial charge is 0.126 e. The third-order valence-electron chi connectivity index (χ3n) is 11.0. The van der Waals surface area contributed by atoms with Gasteiger partial charge in [-0.2, -0.15) is 0 Å². The minimum absolute atomic E-state index is 0.480. The van der Waals surface area contributed by atoms with Crippen LogP contribution >= 0.6 is 0 Å². The second-order valence-corrected chi connectivity index (χ2v) is 12.4. The minimum Gasteiger partial charge on any atom is -0.126 e. The van der Waals surface area contributed by atoms with Crippen LogP contribution in [0, 0.1) is 52.3 Å². The molecule has 0 aromatic rings. The van der Waals surface area contributed by atoms with Crippen molar-refractivity contribution in [1.29, 1.82) is 0 Å². The Hall–Kier alpha value is -0.480. The van der Waals surface area contributed by atoms with Crippen LogP contribution in [0.3, 0.4) is 0 Å². The molecule has 164 valence electrons. The molecule has 4 aliphatic carbocycles. The van der Waals surface area contributed by atoms with Gasteiger partial charge in [-0.15, -0.1) is 5.73 Å². The molecule has 0 spiro atoms. The van der Waals surface area contributed by atoms with E-state index in [2.05, 4.69) is 53.3 Å². The number of rotatable bonds is 6. The molecule has 0 saturated heterocycles. The van der Waals surface area contributed by atoms with E-state index in [0.29, 0.717) is 10.8 Å². The third-order valence-corrected chi connectivity index (χ3v) is 11.0. The van der Waals surface area contributed by atoms with Crippen LogP contribution in [0.5, 0.6) is 0 Å². The van der Waals surface area contributed by atoms with Gasteiger partial charge in [0, 0.05) is 0 Å². The Morgan fingerprint density at radius 3 is 2.52 bits per heavy atom. The van der Waals surface area contributed by atoms with Gasteiger partial charge >= 0.3 is 0 Å². The summed E-state index contributed by atoms with van der Waals surface area (Å²) in [6.45, 7) is 15.2. The van der Waals surface area contributed by atoms with Crippen LogP contribution in [0.25, 0.3) is 0 Å². The van der Waals surface area contributed by atoms with Gasteiger partial charge in [-0.05, 0) is 122 Å². The average Bonchev–Trinajstić information content (AvgIpc) is 3.05. The third kappa shape index (κ3) is 3.60. The van der Waals surface area contributed by atoms with Crippen LogP contribution in [0.1, 0.15) is 112 Å². The molecule has 3 fully saturated rings. The normalized spacial score (nSPS) is 43.3. The summed E-state index contributed by atoms with van der Waals surface area (Å²) in [6.07, 6.45) is 18.1. The van der Waals surface area contributed by atoms with Crippen LogP contribution in [0.2, 0.25) is 0 Å². The van der Waals surface area contributed by atoms with E-state index < -0.39 is 0 Å². The molecular weight excluding hydrogens is 348 g/mol. The molecule has 0 N–H and O–H groups in total. The monoisotopic (exact) mass is 396 g/mol. The lowest BCUT2D eigenvalue weighted by atomic mass is 9.47. The van der Waals surface area contributed by atoms with Gasteiger partial charge in [-0.3, -0.25) is 0 Å². The van der Waals surface area contributed by atoms with E-state index in [0.717, 1.165) is 41.4 Å². The van der Waals surface area contributed by atoms with Gasteiger partial charge in [0.15, 0.2) is 0 Å². The summed E-state index contributed by atoms with van der Waals surface area (Å²) in [6, 6.07) is 0. The number of allylic oxidation sites excluding steroid dienone is 1. The van der Waals surface area contributed by atoms with Crippen LogP contribution in [-0.2, 0) is 0 Å². The molecule has 0 nitrogen and oxygen atoms in total. The first-order valence-electron chi connectivity index (χ1n) is 13.3. The quantitative estimate of drug-likeness (QED) is 0.393. The standard InChI is InChI=1S/C29H48/c1-7-22(20(2)3)12-11-21(4)25-15-16-26-24-14-13-23-10-8-9-18-28(23,5)27(24)17-19-29(25,26)6/h8,20-22,24-27H,7,9,11-19H2,1-6H3/t21?,22?,24-,25+,26-,27-,28-,29+/m0/s1. The van der Waals surface area contributed by atoms with Gasteiger partial charge in [-0.1, -0.05) is 54.4 Å². The van der Waals surface area contributed by atoms with Gasteiger partial charge in [0.05, 0.1) is 0 Å². The first-order valence-corrected chi connectivity index (χ1v) is 13.3. The predicted octanol–water partition coefficient (Wildman–Crippen LogP) is 8.82. The molecule has 3 saturated carbocycles. The van der Waals surface area contributed by atoms with Crippen molar-refractivity contribution in [2.24, 2.45) is 52.3 Å². The van der Waals surface area contributed by atoms with Crippen molar-refractivity contribution in [3.63, 3.8) is 0 Å². The van der Waals surface area contributed by atoms with Crippen LogP contribution in [0.15, 0.2) is 17.4 Å². The zero-order valence-electron chi connectivity index (χ0n) is 20.4. The lowest BCUT2D eigenvalue weighted by molar-refractivity contribution is -0.0578. The van der Waals surface area contributed by atoms with Crippen LogP contribution < -0.4 is 0 Å². The first-order chi connectivity index (χ1) is 13.8. The van der Waals surface area contributed by atoms with Crippen molar-refractivity contribution in [3.8, 4) is 0 Å². The molecule has 4 rings (SSSR count). The van der Waals surface area contributed by atoms with Crippen molar-refractivity contribution < 1.29 is 0 Å². The molecule has 0 amide bonds. The SMILES string of the molecule is CCC(CCC(C)[C@H]1CC[C@H]2[C@@H]3CCC4=C=CCC[C@]4(C)[C@H]3CC[C@]12C)C(C)C. The zero-order chi connectivity index (χ0) is 20.8. The van der Waals surface area contributed by atoms with Crippen molar-refractivity contribution in [2.75, 3.05) is 0 Å². The molecule has 2 unspecified atom stereocenters. The molecule has 0 radical (unpaired) electrons. The predicted molar refractivity (Wildman–Crippen MR) is 126 cm³/mol. The molecule has 0 aromatic heterocycles. The summed E-state index contributed by atoms with van der Waals surface area (Å²) in [7, 11) is 0. The molecule has 0 heterocycles. The van der Waals surface area contributed by atoms with Crippen molar-refractivity contribution in [2.45, 2.75) is 112 Å². The molecule has 0 aromatic carbocycles. The van der Waals surface area contributed by atoms with Crippen LogP contribution in [-0.4, -0.2) is 0 Å². The highest BCUT2D eigenvalue weighted by Gasteiger charge is 2.59.